The van der Waals surface area contributed by atoms with Crippen LogP contribution in [0.4, 0.5) is 0 Å². The zero-order valence-corrected chi connectivity index (χ0v) is 8.49. The van der Waals surface area contributed by atoms with Crippen LogP contribution in [-0.2, 0) is 0 Å². The molecule has 1 aromatic heterocycles. The summed E-state index contributed by atoms with van der Waals surface area (Å²) < 4.78 is 0. The standard InChI is InChI=1S/C12H14N2/c1-9(2)13-7-10-8-14-12-6-4-3-5-11(10)12/h3-9,14H,1-2H3. The van der Waals surface area contributed by atoms with Crippen molar-refractivity contribution >= 4 is 17.1 Å². The maximum absolute atomic E-state index is 4.37. The van der Waals surface area contributed by atoms with Crippen LogP contribution in [0.15, 0.2) is 35.5 Å². The fourth-order valence-corrected chi connectivity index (χ4v) is 1.43. The van der Waals surface area contributed by atoms with Crippen LogP contribution in [0.1, 0.15) is 19.4 Å². The number of benzene rings is 1. The average molecular weight is 186 g/mol. The van der Waals surface area contributed by atoms with Crippen LogP contribution >= 0.6 is 0 Å². The summed E-state index contributed by atoms with van der Waals surface area (Å²) in [6.07, 6.45) is 3.93. The van der Waals surface area contributed by atoms with Crippen molar-refractivity contribution < 1.29 is 0 Å². The zero-order valence-electron chi connectivity index (χ0n) is 8.49. The molecule has 2 heteroatoms. The Morgan fingerprint density at radius 3 is 2.86 bits per heavy atom. The van der Waals surface area contributed by atoms with Crippen LogP contribution in [0.5, 0.6) is 0 Å². The molecule has 1 N–H and O–H groups in total. The summed E-state index contributed by atoms with van der Waals surface area (Å²) in [6, 6.07) is 8.60. The summed E-state index contributed by atoms with van der Waals surface area (Å²) in [5, 5.41) is 1.23. The van der Waals surface area contributed by atoms with Gasteiger partial charge in [-0.25, -0.2) is 0 Å². The molecule has 0 bridgehead atoms. The Labute approximate surface area is 83.7 Å². The molecule has 0 radical (unpaired) electrons. The van der Waals surface area contributed by atoms with Crippen molar-refractivity contribution in [1.82, 2.24) is 4.98 Å². The zero-order chi connectivity index (χ0) is 9.97. The number of aromatic nitrogens is 1. The predicted molar refractivity (Wildman–Crippen MR) is 61.0 cm³/mol. The monoisotopic (exact) mass is 186 g/mol. The summed E-state index contributed by atoms with van der Waals surface area (Å²) in [6.45, 7) is 4.15. The van der Waals surface area contributed by atoms with E-state index in [0.717, 1.165) is 11.1 Å². The minimum absolute atomic E-state index is 0.351. The van der Waals surface area contributed by atoms with Crippen LogP contribution < -0.4 is 0 Å². The van der Waals surface area contributed by atoms with Crippen LogP contribution in [0.2, 0.25) is 0 Å². The second-order valence-corrected chi connectivity index (χ2v) is 3.66. The first-order valence-electron chi connectivity index (χ1n) is 4.86. The Balaban J connectivity index is 2.43. The van der Waals surface area contributed by atoms with Gasteiger partial charge in [-0.1, -0.05) is 18.2 Å². The van der Waals surface area contributed by atoms with E-state index in [9.17, 15) is 0 Å². The summed E-state index contributed by atoms with van der Waals surface area (Å²) in [5.41, 5.74) is 2.33. The molecule has 0 aliphatic rings. The Kier molecular flexibility index (Phi) is 2.35. The lowest BCUT2D eigenvalue weighted by atomic mass is 10.2. The van der Waals surface area contributed by atoms with Gasteiger partial charge in [-0.2, -0.15) is 0 Å². The maximum Gasteiger partial charge on any atom is 0.0460 e. The molecule has 1 aromatic carbocycles. The Hall–Kier alpha value is -1.57. The van der Waals surface area contributed by atoms with Crippen molar-refractivity contribution in [2.24, 2.45) is 4.99 Å². The fraction of sp³-hybridized carbons (Fsp3) is 0.250. The number of fused-ring (bicyclic) bond motifs is 1. The van der Waals surface area contributed by atoms with Gasteiger partial charge in [0.15, 0.2) is 0 Å². The van der Waals surface area contributed by atoms with Gasteiger partial charge in [0.25, 0.3) is 0 Å². The molecule has 0 atom stereocenters. The number of aromatic amines is 1. The average Bonchev–Trinajstić information content (AvgIpc) is 2.58. The van der Waals surface area contributed by atoms with E-state index < -0.39 is 0 Å². The molecule has 0 saturated carbocycles. The molecular formula is C12H14N2. The quantitative estimate of drug-likeness (QED) is 0.698. The number of nitrogens with one attached hydrogen (secondary N) is 1. The van der Waals surface area contributed by atoms with E-state index in [-0.39, 0.29) is 0 Å². The van der Waals surface area contributed by atoms with Gasteiger partial charge >= 0.3 is 0 Å². The van der Waals surface area contributed by atoms with Crippen LogP contribution in [-0.4, -0.2) is 17.2 Å². The third kappa shape index (κ3) is 1.69. The smallest absolute Gasteiger partial charge is 0.0460 e. The van der Waals surface area contributed by atoms with Gasteiger partial charge in [0.2, 0.25) is 0 Å². The first-order valence-corrected chi connectivity index (χ1v) is 4.86. The van der Waals surface area contributed by atoms with Gasteiger partial charge in [-0.15, -0.1) is 0 Å². The third-order valence-corrected chi connectivity index (χ3v) is 2.13. The SMILES string of the molecule is CC(C)N=Cc1c[nH]c2ccccc12. The van der Waals surface area contributed by atoms with Gasteiger partial charge in [0.05, 0.1) is 0 Å². The van der Waals surface area contributed by atoms with E-state index in [0.29, 0.717) is 6.04 Å². The number of para-hydroxylation sites is 1. The van der Waals surface area contributed by atoms with Crippen LogP contribution in [0.3, 0.4) is 0 Å². The van der Waals surface area contributed by atoms with Crippen molar-refractivity contribution in [1.29, 1.82) is 0 Å². The van der Waals surface area contributed by atoms with Gasteiger partial charge in [-0.05, 0) is 19.9 Å². The summed E-state index contributed by atoms with van der Waals surface area (Å²) in [4.78, 5) is 7.59. The van der Waals surface area contributed by atoms with Crippen molar-refractivity contribution in [3.63, 3.8) is 0 Å². The van der Waals surface area contributed by atoms with E-state index in [2.05, 4.69) is 36.0 Å². The van der Waals surface area contributed by atoms with Crippen molar-refractivity contribution in [2.45, 2.75) is 19.9 Å². The van der Waals surface area contributed by atoms with E-state index in [1.807, 2.05) is 24.5 Å². The van der Waals surface area contributed by atoms with E-state index in [1.165, 1.54) is 5.39 Å². The normalized spacial score (nSPS) is 11.9. The molecule has 0 aliphatic heterocycles. The molecule has 0 amide bonds. The number of rotatable bonds is 2. The van der Waals surface area contributed by atoms with Crippen molar-refractivity contribution in [3.05, 3.63) is 36.0 Å². The van der Waals surface area contributed by atoms with E-state index in [1.54, 1.807) is 0 Å². The molecular weight excluding hydrogens is 172 g/mol. The lowest BCUT2D eigenvalue weighted by Gasteiger charge is -1.94. The second kappa shape index (κ2) is 3.66. The highest BCUT2D eigenvalue weighted by molar-refractivity contribution is 5.98. The Bertz CT molecular complexity index is 452. The molecule has 0 spiro atoms. The lowest BCUT2D eigenvalue weighted by Crippen LogP contribution is -1.89. The second-order valence-electron chi connectivity index (χ2n) is 3.66. The largest absolute Gasteiger partial charge is 0.361 e. The number of hydrogen-bond donors (Lipinski definition) is 1. The number of aliphatic imine (C=N–C) groups is 1. The molecule has 0 aliphatic carbocycles. The molecule has 72 valence electrons. The summed E-state index contributed by atoms with van der Waals surface area (Å²) >= 11 is 0. The van der Waals surface area contributed by atoms with Crippen LogP contribution in [0, 0.1) is 0 Å². The first kappa shape index (κ1) is 9.00. The number of hydrogen-bond acceptors (Lipinski definition) is 1. The van der Waals surface area contributed by atoms with E-state index >= 15 is 0 Å². The number of nitrogens with zero attached hydrogens (tertiary/aromatic N) is 1. The molecule has 2 aromatic rings. The predicted octanol–water partition coefficient (Wildman–Crippen LogP) is 3.00. The van der Waals surface area contributed by atoms with Crippen LogP contribution in [0.25, 0.3) is 10.9 Å². The minimum Gasteiger partial charge on any atom is -0.361 e. The Morgan fingerprint density at radius 1 is 1.29 bits per heavy atom. The molecule has 2 nitrogen and oxygen atoms in total. The van der Waals surface area contributed by atoms with Crippen molar-refractivity contribution in [2.75, 3.05) is 0 Å². The summed E-state index contributed by atoms with van der Waals surface area (Å²) in [5.74, 6) is 0. The molecule has 2 rings (SSSR count). The van der Waals surface area contributed by atoms with Gasteiger partial charge in [0.1, 0.15) is 0 Å². The number of H-pyrrole nitrogens is 1. The molecule has 0 fully saturated rings. The summed E-state index contributed by atoms with van der Waals surface area (Å²) in [7, 11) is 0. The molecule has 0 saturated heterocycles. The lowest BCUT2D eigenvalue weighted by molar-refractivity contribution is 0.841. The van der Waals surface area contributed by atoms with Gasteiger partial charge in [0, 0.05) is 34.9 Å². The topological polar surface area (TPSA) is 28.1 Å². The highest BCUT2D eigenvalue weighted by Gasteiger charge is 1.99. The van der Waals surface area contributed by atoms with Crippen molar-refractivity contribution in [3.8, 4) is 0 Å². The minimum atomic E-state index is 0.351. The highest BCUT2D eigenvalue weighted by atomic mass is 14.7. The maximum atomic E-state index is 4.37. The Morgan fingerprint density at radius 2 is 2.07 bits per heavy atom. The highest BCUT2D eigenvalue weighted by Crippen LogP contribution is 2.15. The molecule has 14 heavy (non-hydrogen) atoms. The van der Waals surface area contributed by atoms with Gasteiger partial charge < -0.3 is 4.98 Å². The van der Waals surface area contributed by atoms with E-state index in [4.69, 9.17) is 0 Å². The first-order chi connectivity index (χ1) is 6.77. The third-order valence-electron chi connectivity index (χ3n) is 2.13. The molecule has 1 heterocycles. The fourth-order valence-electron chi connectivity index (χ4n) is 1.43. The van der Waals surface area contributed by atoms with Gasteiger partial charge in [-0.3, -0.25) is 4.99 Å². The molecule has 0 unspecified atom stereocenters.